The molecule has 0 aliphatic heterocycles. The van der Waals surface area contributed by atoms with Crippen LogP contribution in [0.5, 0.6) is 0 Å². The topological polar surface area (TPSA) is 52.3 Å². The average Bonchev–Trinajstić information content (AvgIpc) is 2.09. The number of ether oxygens (including phenoxy) is 1. The third-order valence-electron chi connectivity index (χ3n) is 2.90. The van der Waals surface area contributed by atoms with Gasteiger partial charge in [0.15, 0.2) is 0 Å². The molecule has 82 valence electrons. The molecule has 0 aromatic heterocycles. The molecule has 1 atom stereocenters. The molecule has 0 aromatic carbocycles. The van der Waals surface area contributed by atoms with Crippen LogP contribution in [0.3, 0.4) is 0 Å². The van der Waals surface area contributed by atoms with Gasteiger partial charge in [-0.25, -0.2) is 0 Å². The quantitative estimate of drug-likeness (QED) is 0.664. The number of nitrogens with two attached hydrogens (primary N) is 1. The summed E-state index contributed by atoms with van der Waals surface area (Å²) in [7, 11) is 0. The Bertz CT molecular complexity index is 178. The Hall–Kier alpha value is -0.570. The minimum Gasteiger partial charge on any atom is -0.465 e. The summed E-state index contributed by atoms with van der Waals surface area (Å²) in [6.45, 7) is 2.57. The van der Waals surface area contributed by atoms with Crippen molar-refractivity contribution in [1.29, 1.82) is 0 Å². The molecule has 0 aromatic rings. The standard InChI is InChI=1S/C11H21NO2/c1-2-4-10(12)11(13)14-8-7-9-5-3-6-9/h9-10H,2-8,12H2,1H3/t10-/m0/s1. The zero-order valence-corrected chi connectivity index (χ0v) is 9.00. The van der Waals surface area contributed by atoms with Crippen LogP contribution in [0.15, 0.2) is 0 Å². The molecule has 0 unspecified atom stereocenters. The molecule has 1 fully saturated rings. The van der Waals surface area contributed by atoms with Crippen molar-refractivity contribution in [3.05, 3.63) is 0 Å². The van der Waals surface area contributed by atoms with Gasteiger partial charge in [0.05, 0.1) is 6.61 Å². The van der Waals surface area contributed by atoms with E-state index in [-0.39, 0.29) is 5.97 Å². The van der Waals surface area contributed by atoms with Gasteiger partial charge in [-0.1, -0.05) is 32.6 Å². The number of carbonyl (C=O) groups excluding carboxylic acids is 1. The largest absolute Gasteiger partial charge is 0.465 e. The summed E-state index contributed by atoms with van der Waals surface area (Å²) < 4.78 is 5.10. The fourth-order valence-corrected chi connectivity index (χ4v) is 1.64. The SMILES string of the molecule is CCC[C@H](N)C(=O)OCCC1CCC1. The van der Waals surface area contributed by atoms with Crippen LogP contribution in [-0.4, -0.2) is 18.6 Å². The van der Waals surface area contributed by atoms with Crippen LogP contribution in [0.2, 0.25) is 0 Å². The van der Waals surface area contributed by atoms with Crippen LogP contribution in [0.4, 0.5) is 0 Å². The highest BCUT2D eigenvalue weighted by molar-refractivity contribution is 5.75. The summed E-state index contributed by atoms with van der Waals surface area (Å²) >= 11 is 0. The van der Waals surface area contributed by atoms with Gasteiger partial charge >= 0.3 is 5.97 Å². The van der Waals surface area contributed by atoms with E-state index in [1.807, 2.05) is 6.92 Å². The van der Waals surface area contributed by atoms with E-state index in [4.69, 9.17) is 10.5 Å². The van der Waals surface area contributed by atoms with Gasteiger partial charge in [-0.05, 0) is 18.8 Å². The number of hydrogen-bond acceptors (Lipinski definition) is 3. The van der Waals surface area contributed by atoms with Gasteiger partial charge in [-0.3, -0.25) is 4.79 Å². The molecular formula is C11H21NO2. The van der Waals surface area contributed by atoms with Crippen molar-refractivity contribution in [1.82, 2.24) is 0 Å². The lowest BCUT2D eigenvalue weighted by Crippen LogP contribution is -2.32. The Morgan fingerprint density at radius 1 is 1.57 bits per heavy atom. The third kappa shape index (κ3) is 3.66. The van der Waals surface area contributed by atoms with Crippen molar-refractivity contribution in [2.24, 2.45) is 11.7 Å². The molecule has 3 heteroatoms. The first-order chi connectivity index (χ1) is 6.74. The third-order valence-corrected chi connectivity index (χ3v) is 2.90. The van der Waals surface area contributed by atoms with Crippen molar-refractivity contribution >= 4 is 5.97 Å². The number of hydrogen-bond donors (Lipinski definition) is 1. The monoisotopic (exact) mass is 199 g/mol. The summed E-state index contributed by atoms with van der Waals surface area (Å²) in [6.07, 6.45) is 6.62. The first kappa shape index (κ1) is 11.5. The maximum atomic E-state index is 11.3. The molecule has 0 amide bonds. The van der Waals surface area contributed by atoms with E-state index in [0.717, 1.165) is 25.2 Å². The van der Waals surface area contributed by atoms with E-state index >= 15 is 0 Å². The van der Waals surface area contributed by atoms with Crippen molar-refractivity contribution in [2.45, 2.75) is 51.5 Å². The van der Waals surface area contributed by atoms with E-state index < -0.39 is 6.04 Å². The molecule has 0 spiro atoms. The molecule has 1 rings (SSSR count). The lowest BCUT2D eigenvalue weighted by atomic mass is 9.83. The highest BCUT2D eigenvalue weighted by atomic mass is 16.5. The van der Waals surface area contributed by atoms with Crippen LogP contribution < -0.4 is 5.73 Å². The highest BCUT2D eigenvalue weighted by Crippen LogP contribution is 2.29. The van der Waals surface area contributed by atoms with Crippen LogP contribution in [0.25, 0.3) is 0 Å². The minimum absolute atomic E-state index is 0.230. The second kappa shape index (κ2) is 6.02. The Morgan fingerprint density at radius 2 is 2.29 bits per heavy atom. The molecule has 2 N–H and O–H groups in total. The highest BCUT2D eigenvalue weighted by Gasteiger charge is 2.18. The molecule has 1 saturated carbocycles. The molecular weight excluding hydrogens is 178 g/mol. The summed E-state index contributed by atoms with van der Waals surface area (Å²) in [5.74, 6) is 0.566. The first-order valence-electron chi connectivity index (χ1n) is 5.66. The molecule has 0 heterocycles. The van der Waals surface area contributed by atoms with Gasteiger partial charge in [-0.15, -0.1) is 0 Å². The second-order valence-corrected chi connectivity index (χ2v) is 4.15. The Balaban J connectivity index is 2.01. The van der Waals surface area contributed by atoms with Crippen LogP contribution in [-0.2, 0) is 9.53 Å². The Morgan fingerprint density at radius 3 is 2.79 bits per heavy atom. The fourth-order valence-electron chi connectivity index (χ4n) is 1.64. The summed E-state index contributed by atoms with van der Waals surface area (Å²) in [5, 5.41) is 0. The lowest BCUT2D eigenvalue weighted by Gasteiger charge is -2.25. The van der Waals surface area contributed by atoms with E-state index in [1.165, 1.54) is 19.3 Å². The number of carbonyl (C=O) groups is 1. The van der Waals surface area contributed by atoms with E-state index in [9.17, 15) is 4.79 Å². The summed E-state index contributed by atoms with van der Waals surface area (Å²) in [5.41, 5.74) is 5.62. The van der Waals surface area contributed by atoms with Crippen LogP contribution >= 0.6 is 0 Å². The van der Waals surface area contributed by atoms with Crippen LogP contribution in [0.1, 0.15) is 45.4 Å². The van der Waals surface area contributed by atoms with Crippen LogP contribution in [0, 0.1) is 5.92 Å². The van der Waals surface area contributed by atoms with Gasteiger partial charge in [0.1, 0.15) is 6.04 Å². The maximum absolute atomic E-state index is 11.3. The van der Waals surface area contributed by atoms with Crippen molar-refractivity contribution in [3.8, 4) is 0 Å². The molecule has 1 aliphatic rings. The van der Waals surface area contributed by atoms with Gasteiger partial charge in [0.25, 0.3) is 0 Å². The lowest BCUT2D eigenvalue weighted by molar-refractivity contribution is -0.145. The van der Waals surface area contributed by atoms with Gasteiger partial charge < -0.3 is 10.5 Å². The predicted molar refractivity (Wildman–Crippen MR) is 55.8 cm³/mol. The summed E-state index contributed by atoms with van der Waals surface area (Å²) in [6, 6.07) is -0.415. The maximum Gasteiger partial charge on any atom is 0.322 e. The van der Waals surface area contributed by atoms with E-state index in [1.54, 1.807) is 0 Å². The number of rotatable bonds is 6. The van der Waals surface area contributed by atoms with Crippen molar-refractivity contribution < 1.29 is 9.53 Å². The molecule has 0 radical (unpaired) electrons. The zero-order valence-electron chi connectivity index (χ0n) is 9.00. The van der Waals surface area contributed by atoms with Gasteiger partial charge in [0, 0.05) is 0 Å². The van der Waals surface area contributed by atoms with Crippen molar-refractivity contribution in [3.63, 3.8) is 0 Å². The summed E-state index contributed by atoms with van der Waals surface area (Å²) in [4.78, 5) is 11.3. The number of esters is 1. The normalized spacial score (nSPS) is 18.7. The van der Waals surface area contributed by atoms with E-state index in [2.05, 4.69) is 0 Å². The average molecular weight is 199 g/mol. The van der Waals surface area contributed by atoms with Crippen molar-refractivity contribution in [2.75, 3.05) is 6.61 Å². The fraction of sp³-hybridized carbons (Fsp3) is 0.909. The molecule has 0 bridgehead atoms. The Labute approximate surface area is 86.0 Å². The predicted octanol–water partition coefficient (Wildman–Crippen LogP) is 1.85. The minimum atomic E-state index is -0.415. The molecule has 1 aliphatic carbocycles. The smallest absolute Gasteiger partial charge is 0.322 e. The molecule has 3 nitrogen and oxygen atoms in total. The van der Waals surface area contributed by atoms with Gasteiger partial charge in [-0.2, -0.15) is 0 Å². The van der Waals surface area contributed by atoms with Gasteiger partial charge in [0.2, 0.25) is 0 Å². The second-order valence-electron chi connectivity index (χ2n) is 4.15. The zero-order chi connectivity index (χ0) is 10.4. The van der Waals surface area contributed by atoms with E-state index in [0.29, 0.717) is 6.61 Å². The molecule has 14 heavy (non-hydrogen) atoms. The Kier molecular flexibility index (Phi) is 4.94. The first-order valence-corrected chi connectivity index (χ1v) is 5.66. The molecule has 0 saturated heterocycles.